The van der Waals surface area contributed by atoms with Crippen LogP contribution in [0.4, 0.5) is 0 Å². The van der Waals surface area contributed by atoms with Gasteiger partial charge in [0.1, 0.15) is 0 Å². The molecule has 0 aromatic rings. The van der Waals surface area contributed by atoms with E-state index < -0.39 is 0 Å². The minimum Gasteiger partial charge on any atom is -0.354 e. The summed E-state index contributed by atoms with van der Waals surface area (Å²) in [4.78, 5) is 11.5. The quantitative estimate of drug-likeness (QED) is 0.712. The average molecular weight is 187 g/mol. The normalized spacial score (nSPS) is 19.6. The lowest BCUT2D eigenvalue weighted by Crippen LogP contribution is -2.37. The van der Waals surface area contributed by atoms with Crippen molar-refractivity contribution in [2.75, 3.05) is 11.5 Å². The second-order valence-electron chi connectivity index (χ2n) is 3.55. The molecular formula is C9H17NOS. The van der Waals surface area contributed by atoms with Crippen molar-refractivity contribution in [1.82, 2.24) is 5.32 Å². The first-order valence-corrected chi connectivity index (χ1v) is 5.73. The van der Waals surface area contributed by atoms with E-state index in [9.17, 15) is 4.79 Å². The zero-order valence-electron chi connectivity index (χ0n) is 7.80. The fourth-order valence-electron chi connectivity index (χ4n) is 1.36. The van der Waals surface area contributed by atoms with Crippen LogP contribution in [0.15, 0.2) is 0 Å². The van der Waals surface area contributed by atoms with Gasteiger partial charge < -0.3 is 5.32 Å². The lowest BCUT2D eigenvalue weighted by molar-refractivity contribution is -0.125. The fourth-order valence-corrected chi connectivity index (χ4v) is 2.47. The molecule has 1 heterocycles. The Labute approximate surface area is 78.5 Å². The Morgan fingerprint density at radius 1 is 1.42 bits per heavy atom. The van der Waals surface area contributed by atoms with Gasteiger partial charge in [0, 0.05) is 12.0 Å². The third kappa shape index (κ3) is 3.05. The number of thioether (sulfide) groups is 1. The Kier molecular flexibility index (Phi) is 3.92. The van der Waals surface area contributed by atoms with Crippen LogP contribution in [0.2, 0.25) is 0 Å². The summed E-state index contributed by atoms with van der Waals surface area (Å²) >= 11 is 1.95. The molecule has 0 atom stereocenters. The van der Waals surface area contributed by atoms with Crippen molar-refractivity contribution in [2.45, 2.75) is 32.7 Å². The van der Waals surface area contributed by atoms with Gasteiger partial charge in [-0.25, -0.2) is 0 Å². The first-order valence-electron chi connectivity index (χ1n) is 4.58. The second-order valence-corrected chi connectivity index (χ2v) is 4.77. The van der Waals surface area contributed by atoms with E-state index >= 15 is 0 Å². The summed E-state index contributed by atoms with van der Waals surface area (Å²) in [6.07, 6.45) is 2.12. The molecular weight excluding hydrogens is 170 g/mol. The number of carbonyl (C=O) groups is 1. The summed E-state index contributed by atoms with van der Waals surface area (Å²) in [5, 5.41) is 2.96. The summed E-state index contributed by atoms with van der Waals surface area (Å²) in [6, 6.07) is 0.284. The molecule has 70 valence electrons. The molecule has 0 aromatic carbocycles. The topological polar surface area (TPSA) is 29.1 Å². The molecule has 1 saturated heterocycles. The highest BCUT2D eigenvalue weighted by Gasteiger charge is 2.21. The molecule has 3 heteroatoms. The van der Waals surface area contributed by atoms with Crippen LogP contribution in [-0.2, 0) is 4.79 Å². The molecule has 0 radical (unpaired) electrons. The summed E-state index contributed by atoms with van der Waals surface area (Å²) in [7, 11) is 0. The van der Waals surface area contributed by atoms with Crippen LogP contribution in [0.3, 0.4) is 0 Å². The Morgan fingerprint density at radius 2 is 2.00 bits per heavy atom. The SMILES string of the molecule is CC(C)NC(=O)C1CCSCC1. The molecule has 1 aliphatic rings. The minimum absolute atomic E-state index is 0.255. The van der Waals surface area contributed by atoms with Crippen molar-refractivity contribution in [3.63, 3.8) is 0 Å². The Balaban J connectivity index is 2.30. The van der Waals surface area contributed by atoms with E-state index in [-0.39, 0.29) is 17.9 Å². The number of nitrogens with one attached hydrogen (secondary N) is 1. The van der Waals surface area contributed by atoms with E-state index in [1.165, 1.54) is 0 Å². The molecule has 0 unspecified atom stereocenters. The summed E-state index contributed by atoms with van der Waals surface area (Å²) in [5.41, 5.74) is 0. The van der Waals surface area contributed by atoms with E-state index in [4.69, 9.17) is 0 Å². The molecule has 0 spiro atoms. The van der Waals surface area contributed by atoms with Crippen molar-refractivity contribution in [2.24, 2.45) is 5.92 Å². The lowest BCUT2D eigenvalue weighted by atomic mass is 10.0. The monoisotopic (exact) mass is 187 g/mol. The van der Waals surface area contributed by atoms with Crippen molar-refractivity contribution in [1.29, 1.82) is 0 Å². The summed E-state index contributed by atoms with van der Waals surface area (Å²) in [6.45, 7) is 4.02. The van der Waals surface area contributed by atoms with E-state index in [1.54, 1.807) is 0 Å². The lowest BCUT2D eigenvalue weighted by Gasteiger charge is -2.21. The maximum absolute atomic E-state index is 11.5. The third-order valence-corrected chi connectivity index (χ3v) is 3.07. The van der Waals surface area contributed by atoms with E-state index in [1.807, 2.05) is 25.6 Å². The van der Waals surface area contributed by atoms with Crippen LogP contribution < -0.4 is 5.32 Å². The standard InChI is InChI=1S/C9H17NOS/c1-7(2)10-9(11)8-3-5-12-6-4-8/h7-8H,3-6H2,1-2H3,(H,10,11). The largest absolute Gasteiger partial charge is 0.354 e. The van der Waals surface area contributed by atoms with Crippen molar-refractivity contribution < 1.29 is 4.79 Å². The minimum atomic E-state index is 0.255. The van der Waals surface area contributed by atoms with Gasteiger partial charge in [-0.3, -0.25) is 4.79 Å². The summed E-state index contributed by atoms with van der Waals surface area (Å²) in [5.74, 6) is 2.84. The number of amides is 1. The predicted molar refractivity (Wildman–Crippen MR) is 53.3 cm³/mol. The van der Waals surface area contributed by atoms with Gasteiger partial charge in [0.25, 0.3) is 0 Å². The van der Waals surface area contributed by atoms with Gasteiger partial charge in [0.2, 0.25) is 5.91 Å². The molecule has 0 saturated carbocycles. The molecule has 1 N–H and O–H groups in total. The first-order chi connectivity index (χ1) is 5.70. The maximum atomic E-state index is 11.5. The molecule has 1 amide bonds. The number of hydrogen-bond donors (Lipinski definition) is 1. The third-order valence-electron chi connectivity index (χ3n) is 2.02. The molecule has 0 bridgehead atoms. The molecule has 0 aromatic heterocycles. The van der Waals surface area contributed by atoms with E-state index in [2.05, 4.69) is 5.32 Å². The van der Waals surface area contributed by atoms with Crippen LogP contribution >= 0.6 is 11.8 Å². The molecule has 2 nitrogen and oxygen atoms in total. The number of carbonyl (C=O) groups excluding carboxylic acids is 1. The highest BCUT2D eigenvalue weighted by atomic mass is 32.2. The van der Waals surface area contributed by atoms with Crippen molar-refractivity contribution in [3.05, 3.63) is 0 Å². The van der Waals surface area contributed by atoms with Gasteiger partial charge in [-0.1, -0.05) is 0 Å². The van der Waals surface area contributed by atoms with Crippen LogP contribution in [0, 0.1) is 5.92 Å². The number of hydrogen-bond acceptors (Lipinski definition) is 2. The Morgan fingerprint density at radius 3 is 2.50 bits per heavy atom. The van der Waals surface area contributed by atoms with Crippen LogP contribution in [0.5, 0.6) is 0 Å². The van der Waals surface area contributed by atoms with Gasteiger partial charge in [0.05, 0.1) is 0 Å². The van der Waals surface area contributed by atoms with Crippen molar-refractivity contribution >= 4 is 17.7 Å². The Bertz CT molecular complexity index is 153. The summed E-state index contributed by atoms with van der Waals surface area (Å²) < 4.78 is 0. The van der Waals surface area contributed by atoms with Crippen molar-refractivity contribution in [3.8, 4) is 0 Å². The van der Waals surface area contributed by atoms with Gasteiger partial charge in [-0.05, 0) is 38.2 Å². The number of rotatable bonds is 2. The molecule has 1 rings (SSSR count). The van der Waals surface area contributed by atoms with E-state index in [0.717, 1.165) is 24.3 Å². The molecule has 1 fully saturated rings. The van der Waals surface area contributed by atoms with Crippen LogP contribution in [0.25, 0.3) is 0 Å². The van der Waals surface area contributed by atoms with Gasteiger partial charge in [-0.15, -0.1) is 0 Å². The van der Waals surface area contributed by atoms with Gasteiger partial charge in [-0.2, -0.15) is 11.8 Å². The fraction of sp³-hybridized carbons (Fsp3) is 0.889. The zero-order chi connectivity index (χ0) is 8.97. The highest BCUT2D eigenvalue weighted by Crippen LogP contribution is 2.22. The van der Waals surface area contributed by atoms with Crippen LogP contribution in [-0.4, -0.2) is 23.5 Å². The maximum Gasteiger partial charge on any atom is 0.223 e. The highest BCUT2D eigenvalue weighted by molar-refractivity contribution is 7.99. The zero-order valence-corrected chi connectivity index (χ0v) is 8.62. The predicted octanol–water partition coefficient (Wildman–Crippen LogP) is 1.65. The smallest absolute Gasteiger partial charge is 0.223 e. The average Bonchev–Trinajstić information content (AvgIpc) is 2.05. The van der Waals surface area contributed by atoms with Crippen LogP contribution in [0.1, 0.15) is 26.7 Å². The first kappa shape index (κ1) is 9.90. The molecule has 1 aliphatic heterocycles. The van der Waals surface area contributed by atoms with Gasteiger partial charge >= 0.3 is 0 Å². The molecule has 0 aliphatic carbocycles. The second kappa shape index (κ2) is 4.75. The molecule has 12 heavy (non-hydrogen) atoms. The van der Waals surface area contributed by atoms with Gasteiger partial charge in [0.15, 0.2) is 0 Å². The Hall–Kier alpha value is -0.180. The van der Waals surface area contributed by atoms with E-state index in [0.29, 0.717) is 0 Å².